The zero-order valence-corrected chi connectivity index (χ0v) is 12.7. The molecule has 0 aliphatic heterocycles. The molecule has 22 heavy (non-hydrogen) atoms. The second-order valence-corrected chi connectivity index (χ2v) is 5.74. The number of carboxylic acid groups (broad SMARTS) is 1. The molecule has 0 radical (unpaired) electrons. The van der Waals surface area contributed by atoms with Crippen molar-refractivity contribution in [1.82, 2.24) is 0 Å². The Bertz CT molecular complexity index is 525. The lowest BCUT2D eigenvalue weighted by molar-refractivity contribution is -0.153. The fourth-order valence-electron chi connectivity index (χ4n) is 2.99. The average molecular weight is 302 g/mol. The molecule has 0 saturated carbocycles. The Morgan fingerprint density at radius 3 is 2.50 bits per heavy atom. The number of unbranched alkanes of at least 4 members (excludes halogenated alkanes) is 1. The monoisotopic (exact) mass is 302 g/mol. The van der Waals surface area contributed by atoms with Gasteiger partial charge in [0, 0.05) is 0 Å². The van der Waals surface area contributed by atoms with Crippen LogP contribution in [0.2, 0.25) is 0 Å². The predicted octanol–water partition coefficient (Wildman–Crippen LogP) is 3.00. The summed E-state index contributed by atoms with van der Waals surface area (Å²) < 4.78 is 5.11. The van der Waals surface area contributed by atoms with Crippen molar-refractivity contribution in [2.24, 2.45) is 11.8 Å². The van der Waals surface area contributed by atoms with Gasteiger partial charge in [-0.15, -0.1) is 6.58 Å². The Hall–Kier alpha value is -2.10. The first-order valence-electron chi connectivity index (χ1n) is 7.68. The molecular weight excluding hydrogens is 280 g/mol. The van der Waals surface area contributed by atoms with Crippen molar-refractivity contribution in [2.75, 3.05) is 6.61 Å². The summed E-state index contributed by atoms with van der Waals surface area (Å²) in [6.45, 7) is 3.92. The van der Waals surface area contributed by atoms with Crippen molar-refractivity contribution >= 4 is 11.9 Å². The smallest absolute Gasteiger partial charge is 0.307 e. The molecule has 1 aliphatic rings. The number of aliphatic carboxylic acids is 1. The quantitative estimate of drug-likeness (QED) is 0.455. The van der Waals surface area contributed by atoms with E-state index in [1.807, 2.05) is 24.3 Å². The molecule has 1 aliphatic carbocycles. The van der Waals surface area contributed by atoms with E-state index in [2.05, 4.69) is 6.58 Å². The molecule has 0 heterocycles. The Kier molecular flexibility index (Phi) is 5.75. The van der Waals surface area contributed by atoms with Crippen LogP contribution in [0.5, 0.6) is 0 Å². The van der Waals surface area contributed by atoms with Gasteiger partial charge in [-0.05, 0) is 42.7 Å². The van der Waals surface area contributed by atoms with Gasteiger partial charge in [-0.3, -0.25) is 9.59 Å². The highest BCUT2D eigenvalue weighted by atomic mass is 16.5. The van der Waals surface area contributed by atoms with Crippen LogP contribution in [0, 0.1) is 11.8 Å². The Labute approximate surface area is 130 Å². The number of ether oxygens (including phenoxy) is 1. The van der Waals surface area contributed by atoms with Crippen LogP contribution < -0.4 is 0 Å². The van der Waals surface area contributed by atoms with E-state index in [1.165, 1.54) is 11.1 Å². The maximum atomic E-state index is 11.8. The number of hydrogen-bond donors (Lipinski definition) is 1. The van der Waals surface area contributed by atoms with Crippen molar-refractivity contribution in [3.05, 3.63) is 48.0 Å². The van der Waals surface area contributed by atoms with E-state index < -0.39 is 17.9 Å². The van der Waals surface area contributed by atoms with Crippen molar-refractivity contribution in [1.29, 1.82) is 0 Å². The fourth-order valence-corrected chi connectivity index (χ4v) is 2.99. The lowest BCUT2D eigenvalue weighted by Gasteiger charge is -2.18. The lowest BCUT2D eigenvalue weighted by Crippen LogP contribution is -2.27. The third-order valence-corrected chi connectivity index (χ3v) is 4.17. The Morgan fingerprint density at radius 2 is 1.95 bits per heavy atom. The predicted molar refractivity (Wildman–Crippen MR) is 83.5 cm³/mol. The van der Waals surface area contributed by atoms with Gasteiger partial charge < -0.3 is 9.84 Å². The zero-order valence-electron chi connectivity index (χ0n) is 12.7. The number of carbonyl (C=O) groups is 2. The highest BCUT2D eigenvalue weighted by Crippen LogP contribution is 2.33. The Balaban J connectivity index is 1.90. The molecule has 118 valence electrons. The highest BCUT2D eigenvalue weighted by Gasteiger charge is 2.34. The first-order valence-corrected chi connectivity index (χ1v) is 7.68. The van der Waals surface area contributed by atoms with Gasteiger partial charge in [-0.1, -0.05) is 30.3 Å². The molecule has 1 aromatic carbocycles. The van der Waals surface area contributed by atoms with Crippen LogP contribution in [-0.4, -0.2) is 23.7 Å². The van der Waals surface area contributed by atoms with Crippen molar-refractivity contribution in [3.8, 4) is 0 Å². The minimum atomic E-state index is -0.916. The van der Waals surface area contributed by atoms with E-state index in [1.54, 1.807) is 6.08 Å². The Morgan fingerprint density at radius 1 is 1.32 bits per heavy atom. The van der Waals surface area contributed by atoms with E-state index in [0.29, 0.717) is 6.61 Å². The number of esters is 1. The molecule has 1 N–H and O–H groups in total. The van der Waals surface area contributed by atoms with Crippen LogP contribution in [0.15, 0.2) is 36.9 Å². The van der Waals surface area contributed by atoms with Gasteiger partial charge in [0.25, 0.3) is 0 Å². The first kappa shape index (κ1) is 16.3. The largest absolute Gasteiger partial charge is 0.481 e. The molecule has 0 aromatic heterocycles. The summed E-state index contributed by atoms with van der Waals surface area (Å²) in [4.78, 5) is 23.4. The molecule has 4 nitrogen and oxygen atoms in total. The van der Waals surface area contributed by atoms with Crippen molar-refractivity contribution in [3.63, 3.8) is 0 Å². The summed E-state index contributed by atoms with van der Waals surface area (Å²) in [7, 11) is 0. The van der Waals surface area contributed by atoms with Crippen LogP contribution in [0.1, 0.15) is 30.4 Å². The summed E-state index contributed by atoms with van der Waals surface area (Å²) in [6, 6.07) is 7.99. The van der Waals surface area contributed by atoms with Crippen LogP contribution >= 0.6 is 0 Å². The van der Waals surface area contributed by atoms with Gasteiger partial charge in [0.1, 0.15) is 0 Å². The van der Waals surface area contributed by atoms with Gasteiger partial charge >= 0.3 is 11.9 Å². The molecule has 2 rings (SSSR count). The molecule has 1 aromatic rings. The number of benzene rings is 1. The van der Waals surface area contributed by atoms with Crippen molar-refractivity contribution in [2.45, 2.75) is 32.1 Å². The SMILES string of the molecule is C=CCCCOC(=O)CC(C(=O)O)C1Cc2ccccc2C1. The van der Waals surface area contributed by atoms with Gasteiger partial charge in [0.05, 0.1) is 18.9 Å². The fraction of sp³-hybridized carbons (Fsp3) is 0.444. The van der Waals surface area contributed by atoms with Gasteiger partial charge in [0.15, 0.2) is 0 Å². The topological polar surface area (TPSA) is 63.6 Å². The number of allylic oxidation sites excluding steroid dienone is 1. The lowest BCUT2D eigenvalue weighted by atomic mass is 9.87. The maximum absolute atomic E-state index is 11.8. The number of carbonyl (C=O) groups excluding carboxylic acids is 1. The van der Waals surface area contributed by atoms with Crippen molar-refractivity contribution < 1.29 is 19.4 Å². The van der Waals surface area contributed by atoms with Crippen LogP contribution in [0.25, 0.3) is 0 Å². The summed E-state index contributed by atoms with van der Waals surface area (Å²) in [6.07, 6.45) is 4.66. The normalized spacial score (nSPS) is 15.1. The third kappa shape index (κ3) is 4.20. The van der Waals surface area contributed by atoms with E-state index in [4.69, 9.17) is 4.74 Å². The molecule has 0 spiro atoms. The summed E-state index contributed by atoms with van der Waals surface area (Å²) in [5.41, 5.74) is 2.39. The minimum absolute atomic E-state index is 0.0318. The number of carboxylic acids is 1. The standard InChI is InChI=1S/C18H22O4/c1-2-3-6-9-22-17(19)12-16(18(20)21)15-10-13-7-4-5-8-14(13)11-15/h2,4-5,7-8,15-16H,1,3,6,9-12H2,(H,20,21). The summed E-state index contributed by atoms with van der Waals surface area (Å²) in [5.74, 6) is -2.05. The summed E-state index contributed by atoms with van der Waals surface area (Å²) in [5, 5.41) is 9.45. The van der Waals surface area contributed by atoms with E-state index in [9.17, 15) is 14.7 Å². The molecule has 0 bridgehead atoms. The first-order chi connectivity index (χ1) is 10.6. The van der Waals surface area contributed by atoms with Crippen LogP contribution in [-0.2, 0) is 27.2 Å². The summed E-state index contributed by atoms with van der Waals surface area (Å²) >= 11 is 0. The zero-order chi connectivity index (χ0) is 15.9. The number of rotatable bonds is 8. The molecular formula is C18H22O4. The molecule has 0 saturated heterocycles. The van der Waals surface area contributed by atoms with Crippen LogP contribution in [0.3, 0.4) is 0 Å². The van der Waals surface area contributed by atoms with E-state index >= 15 is 0 Å². The van der Waals surface area contributed by atoms with Gasteiger partial charge in [-0.25, -0.2) is 0 Å². The van der Waals surface area contributed by atoms with Crippen LogP contribution in [0.4, 0.5) is 0 Å². The van der Waals surface area contributed by atoms with E-state index in [0.717, 1.165) is 25.7 Å². The minimum Gasteiger partial charge on any atom is -0.481 e. The second kappa shape index (κ2) is 7.78. The molecule has 0 amide bonds. The number of fused-ring (bicyclic) bond motifs is 1. The third-order valence-electron chi connectivity index (χ3n) is 4.17. The van der Waals surface area contributed by atoms with E-state index in [-0.39, 0.29) is 12.3 Å². The van der Waals surface area contributed by atoms with Gasteiger partial charge in [0.2, 0.25) is 0 Å². The maximum Gasteiger partial charge on any atom is 0.307 e. The highest BCUT2D eigenvalue weighted by molar-refractivity contribution is 5.79. The second-order valence-electron chi connectivity index (χ2n) is 5.74. The molecule has 1 unspecified atom stereocenters. The molecule has 0 fully saturated rings. The molecule has 1 atom stereocenters. The van der Waals surface area contributed by atoms with Gasteiger partial charge in [-0.2, -0.15) is 0 Å². The average Bonchev–Trinajstić information content (AvgIpc) is 2.92. The number of hydrogen-bond acceptors (Lipinski definition) is 3. The molecule has 4 heteroatoms.